The van der Waals surface area contributed by atoms with Crippen molar-refractivity contribution in [3.63, 3.8) is 0 Å². The number of aromatic carboxylic acids is 1. The molecule has 36 heavy (non-hydrogen) atoms. The molecule has 0 saturated heterocycles. The summed E-state index contributed by atoms with van der Waals surface area (Å²) in [5.74, 6) is -0.158. The molecular formula is C24H28N8O4. The first-order valence-electron chi connectivity index (χ1n) is 11.1. The quantitative estimate of drug-likeness (QED) is 0.412. The van der Waals surface area contributed by atoms with Crippen molar-refractivity contribution in [2.75, 3.05) is 6.61 Å². The van der Waals surface area contributed by atoms with E-state index in [-0.39, 0.29) is 5.69 Å². The van der Waals surface area contributed by atoms with Crippen LogP contribution in [0.3, 0.4) is 0 Å². The molecular weight excluding hydrogens is 464 g/mol. The first-order chi connectivity index (χ1) is 17.0. The van der Waals surface area contributed by atoms with E-state index >= 15 is 0 Å². The van der Waals surface area contributed by atoms with Crippen LogP contribution in [-0.2, 0) is 18.8 Å². The summed E-state index contributed by atoms with van der Waals surface area (Å²) < 4.78 is 7.89. The highest BCUT2D eigenvalue weighted by atomic mass is 16.5. The Balaban J connectivity index is 0.000000202. The zero-order chi connectivity index (χ0) is 26.6. The Labute approximate surface area is 208 Å². The third kappa shape index (κ3) is 5.43. The molecule has 0 spiro atoms. The molecule has 4 heterocycles. The van der Waals surface area contributed by atoms with E-state index < -0.39 is 11.9 Å². The lowest BCUT2D eigenvalue weighted by Crippen LogP contribution is -2.12. The van der Waals surface area contributed by atoms with Gasteiger partial charge < -0.3 is 9.84 Å². The van der Waals surface area contributed by atoms with Crippen LogP contribution in [-0.4, -0.2) is 63.1 Å². The van der Waals surface area contributed by atoms with Gasteiger partial charge in [0.15, 0.2) is 11.4 Å². The lowest BCUT2D eigenvalue weighted by Gasteiger charge is -2.07. The molecule has 0 atom stereocenters. The lowest BCUT2D eigenvalue weighted by molar-refractivity contribution is 0.0514. The third-order valence-electron chi connectivity index (χ3n) is 5.24. The van der Waals surface area contributed by atoms with Gasteiger partial charge in [0.1, 0.15) is 11.6 Å². The normalized spacial score (nSPS) is 10.5. The highest BCUT2D eigenvalue weighted by Gasteiger charge is 2.22. The minimum Gasteiger partial charge on any atom is -0.477 e. The fraction of sp³-hybridized carbons (Fsp3) is 0.333. The molecule has 4 aromatic rings. The predicted molar refractivity (Wildman–Crippen MR) is 130 cm³/mol. The summed E-state index contributed by atoms with van der Waals surface area (Å²) in [6.45, 7) is 9.41. The van der Waals surface area contributed by atoms with Gasteiger partial charge in [0.2, 0.25) is 0 Å². The third-order valence-corrected chi connectivity index (χ3v) is 5.24. The van der Waals surface area contributed by atoms with Crippen LogP contribution in [0.4, 0.5) is 0 Å². The number of esters is 1. The molecule has 0 amide bonds. The lowest BCUT2D eigenvalue weighted by atomic mass is 10.1. The van der Waals surface area contributed by atoms with Crippen molar-refractivity contribution in [3.8, 4) is 22.5 Å². The Bertz CT molecular complexity index is 1420. The Morgan fingerprint density at radius 1 is 0.806 bits per heavy atom. The summed E-state index contributed by atoms with van der Waals surface area (Å²) >= 11 is 0. The number of carbonyl (C=O) groups is 2. The van der Waals surface area contributed by atoms with Crippen LogP contribution in [0.5, 0.6) is 0 Å². The molecule has 1 N–H and O–H groups in total. The van der Waals surface area contributed by atoms with Gasteiger partial charge in [-0.3, -0.25) is 9.36 Å². The highest BCUT2D eigenvalue weighted by Crippen LogP contribution is 2.25. The Hall–Kier alpha value is -4.48. The molecule has 12 nitrogen and oxygen atoms in total. The fourth-order valence-electron chi connectivity index (χ4n) is 3.52. The van der Waals surface area contributed by atoms with E-state index in [0.717, 1.165) is 11.1 Å². The summed E-state index contributed by atoms with van der Waals surface area (Å²) in [6, 6.07) is 0. The first kappa shape index (κ1) is 26.1. The fourth-order valence-corrected chi connectivity index (χ4v) is 3.52. The average Bonchev–Trinajstić information content (AvgIpc) is 3.40. The van der Waals surface area contributed by atoms with Gasteiger partial charge in [0.25, 0.3) is 0 Å². The largest absolute Gasteiger partial charge is 0.477 e. The molecule has 0 aliphatic heterocycles. The number of rotatable bonds is 5. The maximum Gasteiger partial charge on any atom is 0.357 e. The summed E-state index contributed by atoms with van der Waals surface area (Å²) in [4.78, 5) is 40.0. The second-order valence-corrected chi connectivity index (χ2v) is 7.98. The van der Waals surface area contributed by atoms with Gasteiger partial charge in [0, 0.05) is 26.5 Å². The van der Waals surface area contributed by atoms with Gasteiger partial charge in [-0.1, -0.05) is 0 Å². The number of carbonyl (C=O) groups excluding carboxylic acids is 1. The smallest absolute Gasteiger partial charge is 0.357 e. The summed E-state index contributed by atoms with van der Waals surface area (Å²) in [5.41, 5.74) is 4.77. The minimum absolute atomic E-state index is 0.131. The molecule has 0 unspecified atom stereocenters. The molecule has 12 heteroatoms. The van der Waals surface area contributed by atoms with Crippen molar-refractivity contribution in [1.29, 1.82) is 0 Å². The maximum atomic E-state index is 12.0. The summed E-state index contributed by atoms with van der Waals surface area (Å²) in [5, 5.41) is 17.2. The highest BCUT2D eigenvalue weighted by molar-refractivity contribution is 5.95. The van der Waals surface area contributed by atoms with E-state index in [2.05, 4.69) is 30.1 Å². The molecule has 4 rings (SSSR count). The van der Waals surface area contributed by atoms with E-state index in [1.165, 1.54) is 15.6 Å². The van der Waals surface area contributed by atoms with Crippen molar-refractivity contribution < 1.29 is 19.4 Å². The number of aryl methyl sites for hydroxylation is 6. The topological polar surface area (TPSA) is 151 Å². The van der Waals surface area contributed by atoms with Crippen LogP contribution >= 0.6 is 0 Å². The number of carboxylic acid groups (broad SMARTS) is 1. The molecule has 0 aliphatic rings. The van der Waals surface area contributed by atoms with Crippen molar-refractivity contribution >= 4 is 11.9 Å². The standard InChI is InChI=1S/C13H16N4O2.C11H12N4O2/c1-5-19-13(18)12-10(7-15-17(12)4)11-8(2)6-14-9(3)16-11;1-6-4-12-7(2)14-9(6)8-5-13-15(3)10(8)11(16)17/h6-7H,5H2,1-4H3;4-5H,1-3H3,(H,16,17). The van der Waals surface area contributed by atoms with Crippen LogP contribution in [0.1, 0.15) is 50.7 Å². The SMILES string of the molecule is CCOC(=O)c1c(-c2nc(C)ncc2C)cnn1C.Cc1ncc(C)c(-c2cnn(C)c2C(=O)O)n1. The van der Waals surface area contributed by atoms with Crippen molar-refractivity contribution in [2.45, 2.75) is 34.6 Å². The number of aromatic nitrogens is 8. The summed E-state index contributed by atoms with van der Waals surface area (Å²) in [7, 11) is 3.30. The van der Waals surface area contributed by atoms with Crippen molar-refractivity contribution in [3.05, 3.63) is 59.0 Å². The molecule has 0 saturated carbocycles. The van der Waals surface area contributed by atoms with E-state index in [9.17, 15) is 9.59 Å². The Kier molecular flexibility index (Phi) is 7.87. The van der Waals surface area contributed by atoms with Crippen molar-refractivity contribution in [2.24, 2.45) is 14.1 Å². The second kappa shape index (κ2) is 10.8. The van der Waals surface area contributed by atoms with Gasteiger partial charge in [0.05, 0.1) is 41.5 Å². The molecule has 4 aromatic heterocycles. The molecule has 0 fully saturated rings. The number of nitrogens with zero attached hydrogens (tertiary/aromatic N) is 8. The van der Waals surface area contributed by atoms with Gasteiger partial charge >= 0.3 is 11.9 Å². The number of ether oxygens (including phenoxy) is 1. The van der Waals surface area contributed by atoms with Gasteiger partial charge in [-0.25, -0.2) is 29.5 Å². The molecule has 0 bridgehead atoms. The minimum atomic E-state index is -1.02. The van der Waals surface area contributed by atoms with Crippen LogP contribution in [0.2, 0.25) is 0 Å². The predicted octanol–water partition coefficient (Wildman–Crippen LogP) is 2.86. The zero-order valence-electron chi connectivity index (χ0n) is 21.3. The van der Waals surface area contributed by atoms with Crippen LogP contribution in [0.15, 0.2) is 24.8 Å². The summed E-state index contributed by atoms with van der Waals surface area (Å²) in [6.07, 6.45) is 6.55. The molecule has 188 valence electrons. The van der Waals surface area contributed by atoms with Gasteiger partial charge in [-0.15, -0.1) is 0 Å². The van der Waals surface area contributed by atoms with Gasteiger partial charge in [-0.2, -0.15) is 10.2 Å². The Morgan fingerprint density at radius 2 is 1.25 bits per heavy atom. The molecule has 0 aromatic carbocycles. The van der Waals surface area contributed by atoms with E-state index in [0.29, 0.717) is 46.5 Å². The maximum absolute atomic E-state index is 12.0. The van der Waals surface area contributed by atoms with Crippen molar-refractivity contribution in [1.82, 2.24) is 39.5 Å². The first-order valence-corrected chi connectivity index (χ1v) is 11.1. The van der Waals surface area contributed by atoms with Gasteiger partial charge in [-0.05, 0) is 45.7 Å². The van der Waals surface area contributed by atoms with E-state index in [1.807, 2.05) is 20.8 Å². The number of hydrogen-bond acceptors (Lipinski definition) is 9. The Morgan fingerprint density at radius 3 is 1.69 bits per heavy atom. The van der Waals surface area contributed by atoms with E-state index in [1.54, 1.807) is 46.5 Å². The van der Waals surface area contributed by atoms with Crippen LogP contribution in [0.25, 0.3) is 22.5 Å². The average molecular weight is 493 g/mol. The molecule has 0 radical (unpaired) electrons. The molecule has 0 aliphatic carbocycles. The second-order valence-electron chi connectivity index (χ2n) is 7.98. The number of hydrogen-bond donors (Lipinski definition) is 1. The zero-order valence-corrected chi connectivity index (χ0v) is 21.3. The monoisotopic (exact) mass is 492 g/mol. The van der Waals surface area contributed by atoms with Crippen LogP contribution in [0, 0.1) is 27.7 Å². The van der Waals surface area contributed by atoms with Crippen LogP contribution < -0.4 is 0 Å². The number of carboxylic acids is 1. The van der Waals surface area contributed by atoms with E-state index in [4.69, 9.17) is 9.84 Å².